The summed E-state index contributed by atoms with van der Waals surface area (Å²) >= 11 is 0. The van der Waals surface area contributed by atoms with E-state index in [1.165, 1.54) is 12.1 Å². The van der Waals surface area contributed by atoms with Gasteiger partial charge in [0.2, 0.25) is 0 Å². The predicted molar refractivity (Wildman–Crippen MR) is 93.2 cm³/mol. The molecule has 6 nitrogen and oxygen atoms in total. The summed E-state index contributed by atoms with van der Waals surface area (Å²) in [6.45, 7) is 0.836. The molecule has 0 heterocycles. The van der Waals surface area contributed by atoms with E-state index in [1.807, 2.05) is 6.92 Å². The Morgan fingerprint density at radius 2 is 1.63 bits per heavy atom. The minimum atomic E-state index is -4.53. The summed E-state index contributed by atoms with van der Waals surface area (Å²) in [6.07, 6.45) is -4.53. The topological polar surface area (TPSA) is 84.5 Å². The van der Waals surface area contributed by atoms with E-state index in [0.29, 0.717) is 18.0 Å². The van der Waals surface area contributed by atoms with E-state index in [9.17, 15) is 26.4 Å². The monoisotopic (exact) mass is 402 g/mol. The number of alkyl halides is 3. The van der Waals surface area contributed by atoms with Gasteiger partial charge in [-0.3, -0.25) is 9.52 Å². The molecule has 0 fully saturated rings. The fourth-order valence-electron chi connectivity index (χ4n) is 2.07. The van der Waals surface area contributed by atoms with Crippen molar-refractivity contribution in [2.24, 2.45) is 0 Å². The van der Waals surface area contributed by atoms with Crippen LogP contribution >= 0.6 is 0 Å². The van der Waals surface area contributed by atoms with Crippen LogP contribution in [0.1, 0.15) is 17.3 Å². The standard InChI is InChI=1S/C17H17F3N2O4S/c1-2-26-14-7-5-13(6-8-14)22-27(24,25)15-9-3-12(4-10-15)16(23)21-11-17(18,19)20/h3-10,22H,2,11H2,1H3,(H,21,23). The van der Waals surface area contributed by atoms with E-state index in [4.69, 9.17) is 4.74 Å². The molecule has 10 heteroatoms. The van der Waals surface area contributed by atoms with Gasteiger partial charge in [0, 0.05) is 11.3 Å². The molecule has 2 aromatic carbocycles. The highest BCUT2D eigenvalue weighted by Gasteiger charge is 2.28. The van der Waals surface area contributed by atoms with Crippen LogP contribution in [0.5, 0.6) is 5.75 Å². The van der Waals surface area contributed by atoms with Gasteiger partial charge in [-0.05, 0) is 55.5 Å². The van der Waals surface area contributed by atoms with Gasteiger partial charge in [0.1, 0.15) is 12.3 Å². The molecule has 0 unspecified atom stereocenters. The van der Waals surface area contributed by atoms with Gasteiger partial charge in [-0.25, -0.2) is 8.42 Å². The molecule has 146 valence electrons. The van der Waals surface area contributed by atoms with E-state index in [1.54, 1.807) is 17.4 Å². The van der Waals surface area contributed by atoms with E-state index in [0.717, 1.165) is 24.3 Å². The second kappa shape index (κ2) is 8.30. The van der Waals surface area contributed by atoms with Crippen LogP contribution in [-0.4, -0.2) is 33.7 Å². The third-order valence-corrected chi connectivity index (χ3v) is 4.69. The first-order valence-electron chi connectivity index (χ1n) is 7.81. The number of benzene rings is 2. The summed E-state index contributed by atoms with van der Waals surface area (Å²) in [5, 5.41) is 1.71. The zero-order valence-electron chi connectivity index (χ0n) is 14.2. The molecule has 0 bridgehead atoms. The van der Waals surface area contributed by atoms with Crippen LogP contribution in [0.15, 0.2) is 53.4 Å². The van der Waals surface area contributed by atoms with Crippen LogP contribution in [0.4, 0.5) is 18.9 Å². The molecule has 0 aliphatic carbocycles. The third kappa shape index (κ3) is 6.17. The Morgan fingerprint density at radius 1 is 1.04 bits per heavy atom. The molecule has 0 aliphatic rings. The minimum Gasteiger partial charge on any atom is -0.494 e. The van der Waals surface area contributed by atoms with Crippen molar-refractivity contribution in [1.82, 2.24) is 5.32 Å². The normalized spacial score (nSPS) is 11.7. The molecule has 0 aliphatic heterocycles. The number of amides is 1. The number of hydrogen-bond donors (Lipinski definition) is 2. The van der Waals surface area contributed by atoms with Gasteiger partial charge < -0.3 is 10.1 Å². The molecule has 2 N–H and O–H groups in total. The average molecular weight is 402 g/mol. The minimum absolute atomic E-state index is 0.0840. The number of halogens is 3. The lowest BCUT2D eigenvalue weighted by molar-refractivity contribution is -0.123. The molecular weight excluding hydrogens is 385 g/mol. The Kier molecular flexibility index (Phi) is 6.32. The Hall–Kier alpha value is -2.75. The van der Waals surface area contributed by atoms with Gasteiger partial charge >= 0.3 is 6.18 Å². The van der Waals surface area contributed by atoms with Crippen molar-refractivity contribution >= 4 is 21.6 Å². The number of ether oxygens (including phenoxy) is 1. The summed E-state index contributed by atoms with van der Waals surface area (Å²) in [5.74, 6) is -0.356. The second-order valence-electron chi connectivity index (χ2n) is 5.39. The van der Waals surface area contributed by atoms with Gasteiger partial charge in [-0.2, -0.15) is 13.2 Å². The quantitative estimate of drug-likeness (QED) is 0.745. The molecule has 2 aromatic rings. The molecular formula is C17H17F3N2O4S. The van der Waals surface area contributed by atoms with Gasteiger partial charge in [0.25, 0.3) is 15.9 Å². The number of carbonyl (C=O) groups excluding carboxylic acids is 1. The van der Waals surface area contributed by atoms with E-state index < -0.39 is 28.7 Å². The highest BCUT2D eigenvalue weighted by Crippen LogP contribution is 2.20. The maximum absolute atomic E-state index is 12.4. The van der Waals surface area contributed by atoms with Gasteiger partial charge in [-0.1, -0.05) is 0 Å². The summed E-state index contributed by atoms with van der Waals surface area (Å²) in [5.41, 5.74) is 0.227. The smallest absolute Gasteiger partial charge is 0.405 e. The van der Waals surface area contributed by atoms with Crippen LogP contribution in [0.2, 0.25) is 0 Å². The first-order valence-corrected chi connectivity index (χ1v) is 9.30. The predicted octanol–water partition coefficient (Wildman–Crippen LogP) is 3.18. The lowest BCUT2D eigenvalue weighted by Crippen LogP contribution is -2.33. The Bertz CT molecular complexity index is 880. The molecule has 1 amide bonds. The van der Waals surface area contributed by atoms with Crippen molar-refractivity contribution in [3.05, 3.63) is 54.1 Å². The van der Waals surface area contributed by atoms with Crippen molar-refractivity contribution < 1.29 is 31.1 Å². The maximum Gasteiger partial charge on any atom is 0.405 e. The van der Waals surface area contributed by atoms with E-state index in [2.05, 4.69) is 4.72 Å². The van der Waals surface area contributed by atoms with Crippen molar-refractivity contribution in [2.75, 3.05) is 17.9 Å². The van der Waals surface area contributed by atoms with Crippen LogP contribution in [-0.2, 0) is 10.0 Å². The van der Waals surface area contributed by atoms with Crippen molar-refractivity contribution in [3.8, 4) is 5.75 Å². The van der Waals surface area contributed by atoms with Crippen molar-refractivity contribution in [2.45, 2.75) is 18.0 Å². The van der Waals surface area contributed by atoms with Gasteiger partial charge in [-0.15, -0.1) is 0 Å². The number of nitrogens with one attached hydrogen (secondary N) is 2. The highest BCUT2D eigenvalue weighted by atomic mass is 32.2. The van der Waals surface area contributed by atoms with Crippen molar-refractivity contribution in [1.29, 1.82) is 0 Å². The molecule has 0 atom stereocenters. The Morgan fingerprint density at radius 3 is 2.15 bits per heavy atom. The zero-order valence-corrected chi connectivity index (χ0v) is 15.0. The molecule has 0 aromatic heterocycles. The SMILES string of the molecule is CCOc1ccc(NS(=O)(=O)c2ccc(C(=O)NCC(F)(F)F)cc2)cc1. The van der Waals surface area contributed by atoms with Crippen LogP contribution in [0.25, 0.3) is 0 Å². The number of anilines is 1. The first kappa shape index (κ1) is 20.6. The largest absolute Gasteiger partial charge is 0.494 e. The summed E-state index contributed by atoms with van der Waals surface area (Å²) in [7, 11) is -3.92. The fraction of sp³-hybridized carbons (Fsp3) is 0.235. The van der Waals surface area contributed by atoms with Gasteiger partial charge in [0.05, 0.1) is 11.5 Å². The lowest BCUT2D eigenvalue weighted by atomic mass is 10.2. The van der Waals surface area contributed by atoms with Crippen LogP contribution in [0.3, 0.4) is 0 Å². The zero-order chi connectivity index (χ0) is 20.1. The maximum atomic E-state index is 12.4. The average Bonchev–Trinajstić information content (AvgIpc) is 2.61. The molecule has 27 heavy (non-hydrogen) atoms. The first-order chi connectivity index (χ1) is 12.6. The van der Waals surface area contributed by atoms with E-state index in [-0.39, 0.29) is 10.5 Å². The summed E-state index contributed by atoms with van der Waals surface area (Å²) < 4.78 is 68.7. The molecule has 2 rings (SSSR count). The van der Waals surface area contributed by atoms with Gasteiger partial charge in [0.15, 0.2) is 0 Å². The Labute approximate surface area is 154 Å². The number of sulfonamides is 1. The molecule has 0 saturated heterocycles. The Balaban J connectivity index is 2.07. The van der Waals surface area contributed by atoms with Crippen LogP contribution in [0, 0.1) is 0 Å². The number of hydrogen-bond acceptors (Lipinski definition) is 4. The number of carbonyl (C=O) groups is 1. The molecule has 0 radical (unpaired) electrons. The summed E-state index contributed by atoms with van der Waals surface area (Å²) in [4.78, 5) is 11.5. The summed E-state index contributed by atoms with van der Waals surface area (Å²) in [6, 6.07) is 10.8. The molecule has 0 spiro atoms. The van der Waals surface area contributed by atoms with E-state index >= 15 is 0 Å². The molecule has 0 saturated carbocycles. The van der Waals surface area contributed by atoms with Crippen molar-refractivity contribution in [3.63, 3.8) is 0 Å². The van der Waals surface area contributed by atoms with Crippen LogP contribution < -0.4 is 14.8 Å². The lowest BCUT2D eigenvalue weighted by Gasteiger charge is -2.10. The second-order valence-corrected chi connectivity index (χ2v) is 7.07. The fourth-order valence-corrected chi connectivity index (χ4v) is 3.13. The third-order valence-electron chi connectivity index (χ3n) is 3.29. The number of rotatable bonds is 7. The highest BCUT2D eigenvalue weighted by molar-refractivity contribution is 7.92.